The van der Waals surface area contributed by atoms with E-state index in [1.807, 2.05) is 0 Å². The van der Waals surface area contributed by atoms with Gasteiger partial charge < -0.3 is 10.2 Å². The summed E-state index contributed by atoms with van der Waals surface area (Å²) in [5.74, 6) is 0. The second kappa shape index (κ2) is 5.89. The van der Waals surface area contributed by atoms with Crippen molar-refractivity contribution in [1.82, 2.24) is 10.2 Å². The highest BCUT2D eigenvalue weighted by atomic mass is 32.1. The van der Waals surface area contributed by atoms with Crippen molar-refractivity contribution in [1.29, 1.82) is 0 Å². The summed E-state index contributed by atoms with van der Waals surface area (Å²) in [7, 11) is 0. The van der Waals surface area contributed by atoms with Gasteiger partial charge in [0.2, 0.25) is 0 Å². The first kappa shape index (κ1) is 14.5. The molecular weight excluding hydrogens is 249 g/mol. The SMILES string of the molecule is CC(C)N(CC(F)(F)F)C(=S)NC1CCCC1. The molecule has 1 aliphatic rings. The van der Waals surface area contributed by atoms with E-state index in [0.29, 0.717) is 0 Å². The van der Waals surface area contributed by atoms with Crippen LogP contribution < -0.4 is 5.32 Å². The van der Waals surface area contributed by atoms with Crippen LogP contribution >= 0.6 is 12.2 Å². The zero-order valence-electron chi connectivity index (χ0n) is 10.2. The van der Waals surface area contributed by atoms with Crippen LogP contribution in [-0.2, 0) is 0 Å². The minimum Gasteiger partial charge on any atom is -0.360 e. The molecule has 2 nitrogen and oxygen atoms in total. The minimum absolute atomic E-state index is 0.226. The van der Waals surface area contributed by atoms with Gasteiger partial charge in [-0.2, -0.15) is 13.2 Å². The Hall–Kier alpha value is -0.520. The summed E-state index contributed by atoms with van der Waals surface area (Å²) in [6.07, 6.45) is 0.0321. The molecule has 0 aromatic heterocycles. The molecule has 0 bridgehead atoms. The van der Waals surface area contributed by atoms with Crippen LogP contribution in [0.2, 0.25) is 0 Å². The van der Waals surface area contributed by atoms with Gasteiger partial charge in [0.05, 0.1) is 0 Å². The Morgan fingerprint density at radius 2 is 1.88 bits per heavy atom. The Morgan fingerprint density at radius 1 is 1.35 bits per heavy atom. The van der Waals surface area contributed by atoms with Crippen LogP contribution in [0.4, 0.5) is 13.2 Å². The topological polar surface area (TPSA) is 15.3 Å². The standard InChI is InChI=1S/C11H19F3N2S/c1-8(2)16(7-11(12,13)14)10(17)15-9-5-3-4-6-9/h8-9H,3-7H2,1-2H3,(H,15,17). The third-order valence-corrected chi connectivity index (χ3v) is 3.27. The molecular formula is C11H19F3N2S. The lowest BCUT2D eigenvalue weighted by Gasteiger charge is -2.31. The number of hydrogen-bond donors (Lipinski definition) is 1. The van der Waals surface area contributed by atoms with Gasteiger partial charge in [-0.25, -0.2) is 0 Å². The highest BCUT2D eigenvalue weighted by Crippen LogP contribution is 2.20. The van der Waals surface area contributed by atoms with Crippen LogP contribution in [0.25, 0.3) is 0 Å². The summed E-state index contributed by atoms with van der Waals surface area (Å²) < 4.78 is 37.2. The molecule has 0 radical (unpaired) electrons. The first-order valence-corrected chi connectivity index (χ1v) is 6.34. The van der Waals surface area contributed by atoms with E-state index in [1.54, 1.807) is 13.8 Å². The molecule has 1 aliphatic carbocycles. The van der Waals surface area contributed by atoms with E-state index in [9.17, 15) is 13.2 Å². The molecule has 6 heteroatoms. The quantitative estimate of drug-likeness (QED) is 0.792. The number of thiocarbonyl (C=S) groups is 1. The molecule has 0 heterocycles. The summed E-state index contributed by atoms with van der Waals surface area (Å²) in [5, 5.41) is 3.27. The molecule has 100 valence electrons. The van der Waals surface area contributed by atoms with Crippen molar-refractivity contribution < 1.29 is 13.2 Å². The molecule has 0 spiro atoms. The van der Waals surface area contributed by atoms with Gasteiger partial charge in [-0.15, -0.1) is 0 Å². The van der Waals surface area contributed by atoms with Crippen molar-refractivity contribution in [2.75, 3.05) is 6.54 Å². The van der Waals surface area contributed by atoms with Gasteiger partial charge in [0.15, 0.2) is 5.11 Å². The molecule has 0 aromatic carbocycles. The fraction of sp³-hybridized carbons (Fsp3) is 0.909. The van der Waals surface area contributed by atoms with E-state index >= 15 is 0 Å². The van der Waals surface area contributed by atoms with Crippen molar-refractivity contribution in [2.24, 2.45) is 0 Å². The lowest BCUT2D eigenvalue weighted by Crippen LogP contribution is -2.50. The lowest BCUT2D eigenvalue weighted by atomic mass is 10.2. The Balaban J connectivity index is 2.54. The predicted molar refractivity (Wildman–Crippen MR) is 65.9 cm³/mol. The summed E-state index contributed by atoms with van der Waals surface area (Å²) in [4.78, 5) is 1.20. The maximum Gasteiger partial charge on any atom is 0.406 e. The van der Waals surface area contributed by atoms with Crippen LogP contribution in [0.1, 0.15) is 39.5 Å². The Labute approximate surface area is 106 Å². The smallest absolute Gasteiger partial charge is 0.360 e. The van der Waals surface area contributed by atoms with Gasteiger partial charge in [-0.05, 0) is 38.9 Å². The summed E-state index contributed by atoms with van der Waals surface area (Å²) in [6, 6.07) is -0.00462. The molecule has 0 amide bonds. The van der Waals surface area contributed by atoms with E-state index in [2.05, 4.69) is 5.32 Å². The van der Waals surface area contributed by atoms with Crippen molar-refractivity contribution >= 4 is 17.3 Å². The normalized spacial score (nSPS) is 17.5. The van der Waals surface area contributed by atoms with E-state index in [-0.39, 0.29) is 17.2 Å². The van der Waals surface area contributed by atoms with Gasteiger partial charge in [-0.1, -0.05) is 12.8 Å². The van der Waals surface area contributed by atoms with Crippen LogP contribution in [0, 0.1) is 0 Å². The highest BCUT2D eigenvalue weighted by Gasteiger charge is 2.33. The molecule has 1 fully saturated rings. The molecule has 1 rings (SSSR count). The predicted octanol–water partition coefficient (Wildman–Crippen LogP) is 3.08. The molecule has 1 saturated carbocycles. The number of nitrogens with one attached hydrogen (secondary N) is 1. The maximum absolute atomic E-state index is 12.4. The summed E-state index contributed by atoms with van der Waals surface area (Å²) in [5.41, 5.74) is 0. The van der Waals surface area contributed by atoms with Crippen LogP contribution in [0.15, 0.2) is 0 Å². The van der Waals surface area contributed by atoms with E-state index in [4.69, 9.17) is 12.2 Å². The monoisotopic (exact) mass is 268 g/mol. The molecule has 17 heavy (non-hydrogen) atoms. The number of rotatable bonds is 3. The first-order valence-electron chi connectivity index (χ1n) is 5.93. The third kappa shape index (κ3) is 5.10. The number of alkyl halides is 3. The second-order valence-electron chi connectivity index (χ2n) is 4.77. The highest BCUT2D eigenvalue weighted by molar-refractivity contribution is 7.80. The number of nitrogens with zero attached hydrogens (tertiary/aromatic N) is 1. The Morgan fingerprint density at radius 3 is 2.29 bits per heavy atom. The molecule has 1 N–H and O–H groups in total. The van der Waals surface area contributed by atoms with Crippen molar-refractivity contribution in [3.05, 3.63) is 0 Å². The maximum atomic E-state index is 12.4. The summed E-state index contributed by atoms with van der Waals surface area (Å²) >= 11 is 5.07. The summed E-state index contributed by atoms with van der Waals surface area (Å²) in [6.45, 7) is 2.45. The van der Waals surface area contributed by atoms with Crippen LogP contribution in [0.5, 0.6) is 0 Å². The van der Waals surface area contributed by atoms with Crippen molar-refractivity contribution in [3.63, 3.8) is 0 Å². The second-order valence-corrected chi connectivity index (χ2v) is 5.15. The molecule has 0 aromatic rings. The Bertz CT molecular complexity index is 260. The zero-order chi connectivity index (χ0) is 13.1. The molecule has 0 aliphatic heterocycles. The number of hydrogen-bond acceptors (Lipinski definition) is 1. The fourth-order valence-corrected chi connectivity index (χ4v) is 2.45. The van der Waals surface area contributed by atoms with Crippen molar-refractivity contribution in [3.8, 4) is 0 Å². The Kier molecular flexibility index (Phi) is 5.04. The largest absolute Gasteiger partial charge is 0.406 e. The lowest BCUT2D eigenvalue weighted by molar-refractivity contribution is -0.140. The minimum atomic E-state index is -4.22. The zero-order valence-corrected chi connectivity index (χ0v) is 11.0. The fourth-order valence-electron chi connectivity index (χ4n) is 2.01. The first-order chi connectivity index (χ1) is 7.79. The van der Waals surface area contributed by atoms with Crippen LogP contribution in [-0.4, -0.2) is 34.8 Å². The number of halogens is 3. The average Bonchev–Trinajstić information content (AvgIpc) is 2.64. The van der Waals surface area contributed by atoms with E-state index in [1.165, 1.54) is 4.90 Å². The molecule has 0 atom stereocenters. The van der Waals surface area contributed by atoms with Gasteiger partial charge in [0, 0.05) is 12.1 Å². The third-order valence-electron chi connectivity index (χ3n) is 2.92. The van der Waals surface area contributed by atoms with Gasteiger partial charge in [-0.3, -0.25) is 0 Å². The van der Waals surface area contributed by atoms with E-state index in [0.717, 1.165) is 25.7 Å². The van der Waals surface area contributed by atoms with Crippen LogP contribution in [0.3, 0.4) is 0 Å². The van der Waals surface area contributed by atoms with E-state index < -0.39 is 12.7 Å². The van der Waals surface area contributed by atoms with Crippen molar-refractivity contribution in [2.45, 2.75) is 57.8 Å². The average molecular weight is 268 g/mol. The van der Waals surface area contributed by atoms with Gasteiger partial charge >= 0.3 is 6.18 Å². The van der Waals surface area contributed by atoms with Gasteiger partial charge in [0.1, 0.15) is 6.54 Å². The molecule has 0 unspecified atom stereocenters. The molecule has 0 saturated heterocycles. The van der Waals surface area contributed by atoms with Gasteiger partial charge in [0.25, 0.3) is 0 Å².